The largest absolute Gasteiger partial charge is 0.462 e. The molecule has 0 bridgehead atoms. The molecule has 0 aromatic carbocycles. The molecule has 11 atom stereocenters. The molecule has 2 heterocycles. The summed E-state index contributed by atoms with van der Waals surface area (Å²) in [4.78, 5) is 25.6. The minimum atomic E-state index is -1.78. The molecule has 15 heteroatoms. The Kier molecular flexibility index (Phi) is 30.5. The first-order valence-electron chi connectivity index (χ1n) is 22.6. The van der Waals surface area contributed by atoms with Crippen LogP contribution in [-0.4, -0.2) is 142 Å². The lowest BCUT2D eigenvalue weighted by Crippen LogP contribution is -2.61. The van der Waals surface area contributed by atoms with E-state index in [1.165, 1.54) is 38.5 Å². The number of allylic oxidation sites excluding steroid dienone is 12. The fourth-order valence-corrected chi connectivity index (χ4v) is 6.53. The summed E-state index contributed by atoms with van der Waals surface area (Å²) in [5.74, 6) is -1.04. The normalized spacial score (nSPS) is 27.8. The van der Waals surface area contributed by atoms with Crippen molar-refractivity contribution in [3.05, 3.63) is 72.9 Å². The number of aliphatic hydroxyl groups is 7. The minimum absolute atomic E-state index is 0.0622. The van der Waals surface area contributed by atoms with Gasteiger partial charge in [0.25, 0.3) is 0 Å². The van der Waals surface area contributed by atoms with Gasteiger partial charge < -0.3 is 64.2 Å². The summed E-state index contributed by atoms with van der Waals surface area (Å²) in [6.45, 7) is 2.30. The highest BCUT2D eigenvalue weighted by Gasteiger charge is 2.47. The Morgan fingerprint density at radius 2 is 1.05 bits per heavy atom. The van der Waals surface area contributed by atoms with E-state index in [1.807, 2.05) is 54.7 Å². The molecule has 2 rings (SSSR count). The number of carbonyl (C=O) groups is 2. The predicted molar refractivity (Wildman–Crippen MR) is 233 cm³/mol. The van der Waals surface area contributed by atoms with Crippen molar-refractivity contribution in [3.63, 3.8) is 0 Å². The molecular formula is C47H76O15. The quantitative estimate of drug-likeness (QED) is 0.0210. The number of hydrogen-bond donors (Lipinski definition) is 7. The summed E-state index contributed by atoms with van der Waals surface area (Å²) in [6.07, 6.45) is 21.1. The van der Waals surface area contributed by atoms with Gasteiger partial charge in [-0.2, -0.15) is 0 Å². The molecule has 0 radical (unpaired) electrons. The summed E-state index contributed by atoms with van der Waals surface area (Å²) in [5.41, 5.74) is 0. The topological polar surface area (TPSA) is 231 Å². The maximum absolute atomic E-state index is 12.9. The Balaban J connectivity index is 1.91. The summed E-state index contributed by atoms with van der Waals surface area (Å²) < 4.78 is 33.3. The van der Waals surface area contributed by atoms with Gasteiger partial charge in [-0.25, -0.2) is 0 Å². The molecule has 7 N–H and O–H groups in total. The predicted octanol–water partition coefficient (Wildman–Crippen LogP) is 4.70. The molecule has 5 unspecified atom stereocenters. The van der Waals surface area contributed by atoms with Gasteiger partial charge in [0.15, 0.2) is 18.7 Å². The molecule has 2 aliphatic rings. The van der Waals surface area contributed by atoms with Gasteiger partial charge in [0, 0.05) is 12.8 Å². The molecule has 0 aromatic heterocycles. The molecule has 0 spiro atoms. The number of hydrogen-bond acceptors (Lipinski definition) is 15. The zero-order valence-electron chi connectivity index (χ0n) is 36.8. The number of carbonyl (C=O) groups excluding carboxylic acids is 2. The van der Waals surface area contributed by atoms with Gasteiger partial charge in [-0.1, -0.05) is 125 Å². The van der Waals surface area contributed by atoms with Crippen LogP contribution < -0.4 is 0 Å². The number of aliphatic hydroxyl groups excluding tert-OH is 7. The maximum Gasteiger partial charge on any atom is 0.306 e. The second-order valence-electron chi connectivity index (χ2n) is 15.6. The van der Waals surface area contributed by atoms with E-state index < -0.39 is 99.3 Å². The molecule has 0 aliphatic carbocycles. The van der Waals surface area contributed by atoms with Crippen LogP contribution in [0.25, 0.3) is 0 Å². The zero-order chi connectivity index (χ0) is 45.4. The van der Waals surface area contributed by atoms with E-state index in [-0.39, 0.29) is 19.4 Å². The first-order valence-corrected chi connectivity index (χ1v) is 22.6. The molecule has 0 amide bonds. The van der Waals surface area contributed by atoms with E-state index in [4.69, 9.17) is 28.4 Å². The van der Waals surface area contributed by atoms with E-state index >= 15 is 0 Å². The number of rotatable bonds is 32. The fraction of sp³-hybridized carbons (Fsp3) is 0.702. The molecule has 2 aliphatic heterocycles. The third kappa shape index (κ3) is 23.0. The SMILES string of the molecule is CC/C=C/C=C/C=C/C=C/C=C/CCCC(=O)OC(COC(=O)CCCCC/C=C/CCCCCCCC)CO[C@@H]1O[C@H](CO[C@@H]2O[C@H](CO)[C@H](O)C(O)C2O)[C@H](O)C(O)C1O. The smallest absolute Gasteiger partial charge is 0.306 e. The third-order valence-corrected chi connectivity index (χ3v) is 10.3. The average Bonchev–Trinajstić information content (AvgIpc) is 3.26. The van der Waals surface area contributed by atoms with Crippen molar-refractivity contribution in [2.24, 2.45) is 0 Å². The molecule has 0 saturated carbocycles. The Labute approximate surface area is 368 Å². The van der Waals surface area contributed by atoms with Crippen LogP contribution in [0.2, 0.25) is 0 Å². The van der Waals surface area contributed by atoms with Crippen LogP contribution in [0.1, 0.15) is 117 Å². The van der Waals surface area contributed by atoms with E-state index in [2.05, 4.69) is 32.1 Å². The van der Waals surface area contributed by atoms with Crippen molar-refractivity contribution in [2.45, 2.75) is 184 Å². The summed E-state index contributed by atoms with van der Waals surface area (Å²) in [5, 5.41) is 71.8. The lowest BCUT2D eigenvalue weighted by Gasteiger charge is -2.42. The van der Waals surface area contributed by atoms with E-state index in [0.717, 1.165) is 32.1 Å². The highest BCUT2D eigenvalue weighted by Crippen LogP contribution is 2.26. The van der Waals surface area contributed by atoms with Crippen molar-refractivity contribution in [2.75, 3.05) is 26.4 Å². The van der Waals surface area contributed by atoms with Crippen molar-refractivity contribution in [3.8, 4) is 0 Å². The Hall–Kier alpha value is -3.06. The van der Waals surface area contributed by atoms with Gasteiger partial charge in [0.2, 0.25) is 0 Å². The van der Waals surface area contributed by atoms with Crippen molar-refractivity contribution in [1.29, 1.82) is 0 Å². The monoisotopic (exact) mass is 881 g/mol. The second kappa shape index (κ2) is 34.4. The third-order valence-electron chi connectivity index (χ3n) is 10.3. The van der Waals surface area contributed by atoms with E-state index in [9.17, 15) is 45.3 Å². The average molecular weight is 881 g/mol. The lowest BCUT2D eigenvalue weighted by atomic mass is 9.98. The van der Waals surface area contributed by atoms with Crippen LogP contribution in [0.5, 0.6) is 0 Å². The maximum atomic E-state index is 12.9. The first-order chi connectivity index (χ1) is 30.0. The highest BCUT2D eigenvalue weighted by molar-refractivity contribution is 5.70. The Morgan fingerprint density at radius 3 is 1.68 bits per heavy atom. The minimum Gasteiger partial charge on any atom is -0.462 e. The van der Waals surface area contributed by atoms with Gasteiger partial charge >= 0.3 is 11.9 Å². The standard InChI is InChI=1S/C47H76O15/c1-3-5-7-9-11-13-15-17-19-21-23-25-27-29-38(49)57-32-35(60-39(50)30-28-26-24-22-20-18-16-14-12-10-8-6-4-2)33-58-46-45(56)43(54)41(52)37(62-46)34-59-47-44(55)42(53)40(51)36(31-48)61-47/h6,8,10,12,14,16-20,22,24,35-37,40-48,51-56H,3-5,7,9,11,13,15,21,23,25-34H2,1-2H3/b8-6+,12-10+,16-14+,19-17+,20-18+,24-22+/t35?,36-,37-,40+,41+,42?,43?,44?,45?,46-,47-/m1/s1. The zero-order valence-corrected chi connectivity index (χ0v) is 36.8. The molecular weight excluding hydrogens is 805 g/mol. The fourth-order valence-electron chi connectivity index (χ4n) is 6.53. The summed E-state index contributed by atoms with van der Waals surface area (Å²) in [7, 11) is 0. The van der Waals surface area contributed by atoms with Gasteiger partial charge in [-0.05, 0) is 51.4 Å². The second-order valence-corrected chi connectivity index (χ2v) is 15.6. The van der Waals surface area contributed by atoms with Crippen molar-refractivity contribution < 1.29 is 73.8 Å². The number of unbranched alkanes of at least 4 members (excludes halogenated alkanes) is 10. The number of ether oxygens (including phenoxy) is 6. The first kappa shape index (κ1) is 55.1. The Morgan fingerprint density at radius 1 is 0.532 bits per heavy atom. The van der Waals surface area contributed by atoms with Crippen LogP contribution in [-0.2, 0) is 38.0 Å². The van der Waals surface area contributed by atoms with Crippen molar-refractivity contribution in [1.82, 2.24) is 0 Å². The van der Waals surface area contributed by atoms with Gasteiger partial charge in [0.05, 0.1) is 19.8 Å². The van der Waals surface area contributed by atoms with Gasteiger partial charge in [-0.15, -0.1) is 0 Å². The van der Waals surface area contributed by atoms with Crippen LogP contribution >= 0.6 is 0 Å². The van der Waals surface area contributed by atoms with Crippen LogP contribution in [0, 0.1) is 0 Å². The number of esters is 2. The molecule has 354 valence electrons. The highest BCUT2D eigenvalue weighted by atomic mass is 16.7. The van der Waals surface area contributed by atoms with Gasteiger partial charge in [-0.3, -0.25) is 9.59 Å². The molecule has 0 aromatic rings. The lowest BCUT2D eigenvalue weighted by molar-refractivity contribution is -0.332. The van der Waals surface area contributed by atoms with Crippen molar-refractivity contribution >= 4 is 11.9 Å². The molecule has 2 fully saturated rings. The van der Waals surface area contributed by atoms with Crippen LogP contribution in [0.3, 0.4) is 0 Å². The summed E-state index contributed by atoms with van der Waals surface area (Å²) in [6, 6.07) is 0. The van der Waals surface area contributed by atoms with E-state index in [1.54, 1.807) is 0 Å². The van der Waals surface area contributed by atoms with Gasteiger partial charge in [0.1, 0.15) is 55.4 Å². The Bertz CT molecular complexity index is 1360. The van der Waals surface area contributed by atoms with Crippen LogP contribution in [0.15, 0.2) is 72.9 Å². The van der Waals surface area contributed by atoms with Crippen LogP contribution in [0.4, 0.5) is 0 Å². The van der Waals surface area contributed by atoms with E-state index in [0.29, 0.717) is 19.3 Å². The molecule has 2 saturated heterocycles. The molecule has 62 heavy (non-hydrogen) atoms. The summed E-state index contributed by atoms with van der Waals surface area (Å²) >= 11 is 0. The molecule has 15 nitrogen and oxygen atoms in total.